The monoisotopic (exact) mass is 213 g/mol. The van der Waals surface area contributed by atoms with Crippen LogP contribution in [-0.2, 0) is 0 Å². The summed E-state index contributed by atoms with van der Waals surface area (Å²) in [5, 5.41) is 10.0. The highest BCUT2D eigenvalue weighted by Crippen LogP contribution is 2.34. The average molecular weight is 213 g/mol. The van der Waals surface area contributed by atoms with Crippen LogP contribution in [0.2, 0.25) is 0 Å². The second-order valence-electron chi connectivity index (χ2n) is 6.44. The maximum atomic E-state index is 10.0. The first kappa shape index (κ1) is 13.0. The van der Waals surface area contributed by atoms with Gasteiger partial charge in [0.15, 0.2) is 0 Å². The number of hydrogen-bond acceptors (Lipinski definition) is 2. The zero-order valence-electron chi connectivity index (χ0n) is 11.0. The first-order valence-electron chi connectivity index (χ1n) is 6.19. The molecule has 0 spiro atoms. The van der Waals surface area contributed by atoms with Crippen molar-refractivity contribution >= 4 is 0 Å². The Morgan fingerprint density at radius 2 is 1.87 bits per heavy atom. The van der Waals surface area contributed by atoms with Crippen molar-refractivity contribution < 1.29 is 5.11 Å². The molecule has 15 heavy (non-hydrogen) atoms. The Morgan fingerprint density at radius 1 is 1.27 bits per heavy atom. The lowest BCUT2D eigenvalue weighted by Crippen LogP contribution is -2.39. The number of likely N-dealkylation sites (tertiary alicyclic amines) is 1. The Bertz CT molecular complexity index is 205. The summed E-state index contributed by atoms with van der Waals surface area (Å²) in [6, 6.07) is 0. The Balaban J connectivity index is 2.44. The van der Waals surface area contributed by atoms with Crippen LogP contribution in [0.1, 0.15) is 47.5 Å². The van der Waals surface area contributed by atoms with Crippen LogP contribution in [-0.4, -0.2) is 35.2 Å². The average Bonchev–Trinajstić information content (AvgIpc) is 2.51. The summed E-state index contributed by atoms with van der Waals surface area (Å²) in [6.07, 6.45) is 2.12. The van der Waals surface area contributed by atoms with Crippen LogP contribution in [0.4, 0.5) is 0 Å². The van der Waals surface area contributed by atoms with E-state index in [4.69, 9.17) is 0 Å². The zero-order chi connectivity index (χ0) is 11.7. The van der Waals surface area contributed by atoms with Crippen LogP contribution in [0.25, 0.3) is 0 Å². The van der Waals surface area contributed by atoms with Gasteiger partial charge in [-0.15, -0.1) is 0 Å². The second-order valence-corrected chi connectivity index (χ2v) is 6.44. The minimum absolute atomic E-state index is 0.410. The summed E-state index contributed by atoms with van der Waals surface area (Å²) in [5.74, 6) is 0.783. The van der Waals surface area contributed by atoms with Crippen molar-refractivity contribution in [1.82, 2.24) is 4.90 Å². The molecule has 0 aromatic carbocycles. The molecule has 1 N–H and O–H groups in total. The number of aliphatic hydroxyl groups is 1. The van der Waals surface area contributed by atoms with Crippen molar-refractivity contribution in [2.24, 2.45) is 11.3 Å². The predicted octanol–water partition coefficient (Wildman–Crippen LogP) is 2.52. The fourth-order valence-corrected chi connectivity index (χ4v) is 2.28. The predicted molar refractivity (Wildman–Crippen MR) is 64.9 cm³/mol. The van der Waals surface area contributed by atoms with E-state index >= 15 is 0 Å². The maximum absolute atomic E-state index is 10.0. The van der Waals surface area contributed by atoms with Crippen molar-refractivity contribution in [2.45, 2.75) is 53.1 Å². The molecule has 1 fully saturated rings. The third-order valence-electron chi connectivity index (χ3n) is 3.82. The first-order chi connectivity index (χ1) is 6.74. The minimum Gasteiger partial charge on any atom is -0.389 e. The van der Waals surface area contributed by atoms with Crippen LogP contribution in [0.15, 0.2) is 0 Å². The molecule has 0 bridgehead atoms. The van der Waals surface area contributed by atoms with Crippen LogP contribution in [0, 0.1) is 11.3 Å². The van der Waals surface area contributed by atoms with Crippen molar-refractivity contribution in [3.8, 4) is 0 Å². The van der Waals surface area contributed by atoms with E-state index in [9.17, 15) is 5.11 Å². The van der Waals surface area contributed by atoms with Gasteiger partial charge in [-0.3, -0.25) is 0 Å². The number of hydrogen-bond donors (Lipinski definition) is 1. The molecule has 0 aliphatic carbocycles. The molecule has 0 saturated carbocycles. The number of rotatable bonds is 3. The van der Waals surface area contributed by atoms with Gasteiger partial charge in [-0.2, -0.15) is 0 Å². The minimum atomic E-state index is -0.507. The summed E-state index contributed by atoms with van der Waals surface area (Å²) in [4.78, 5) is 2.42. The molecule has 1 aliphatic rings. The molecule has 90 valence electrons. The van der Waals surface area contributed by atoms with Crippen molar-refractivity contribution in [1.29, 1.82) is 0 Å². The maximum Gasteiger partial charge on any atom is 0.0743 e. The highest BCUT2D eigenvalue weighted by atomic mass is 16.3. The highest BCUT2D eigenvalue weighted by Gasteiger charge is 2.33. The van der Waals surface area contributed by atoms with Crippen molar-refractivity contribution in [2.75, 3.05) is 19.6 Å². The van der Waals surface area contributed by atoms with Gasteiger partial charge in [0.2, 0.25) is 0 Å². The lowest BCUT2D eigenvalue weighted by atomic mass is 9.80. The van der Waals surface area contributed by atoms with Gasteiger partial charge in [0.05, 0.1) is 5.60 Å². The Kier molecular flexibility index (Phi) is 3.83. The first-order valence-corrected chi connectivity index (χ1v) is 6.19. The van der Waals surface area contributed by atoms with E-state index in [1.165, 1.54) is 6.42 Å². The van der Waals surface area contributed by atoms with Gasteiger partial charge in [0, 0.05) is 13.1 Å². The third-order valence-corrected chi connectivity index (χ3v) is 3.82. The van der Waals surface area contributed by atoms with E-state index in [1.807, 2.05) is 6.92 Å². The fourth-order valence-electron chi connectivity index (χ4n) is 2.28. The standard InChI is InChI=1S/C13H27NO/c1-6-13(5,15)10-14-8-7-11(9-14)12(2,3)4/h11,15H,6-10H2,1-5H3. The molecule has 1 aliphatic heterocycles. The Hall–Kier alpha value is -0.0800. The summed E-state index contributed by atoms with van der Waals surface area (Å²) >= 11 is 0. The molecule has 0 radical (unpaired) electrons. The quantitative estimate of drug-likeness (QED) is 0.778. The largest absolute Gasteiger partial charge is 0.389 e. The second kappa shape index (κ2) is 4.42. The molecule has 0 amide bonds. The van der Waals surface area contributed by atoms with Crippen LogP contribution < -0.4 is 0 Å². The molecule has 1 heterocycles. The van der Waals surface area contributed by atoms with Crippen LogP contribution in [0.5, 0.6) is 0 Å². The van der Waals surface area contributed by atoms with E-state index in [0.717, 1.165) is 32.0 Å². The topological polar surface area (TPSA) is 23.5 Å². The molecule has 1 rings (SSSR count). The van der Waals surface area contributed by atoms with Crippen LogP contribution in [0.3, 0.4) is 0 Å². The molecule has 0 aromatic rings. The molecule has 2 nitrogen and oxygen atoms in total. The van der Waals surface area contributed by atoms with Gasteiger partial charge in [0.25, 0.3) is 0 Å². The summed E-state index contributed by atoms with van der Waals surface area (Å²) < 4.78 is 0. The molecule has 2 unspecified atom stereocenters. The zero-order valence-corrected chi connectivity index (χ0v) is 11.0. The lowest BCUT2D eigenvalue weighted by molar-refractivity contribution is 0.0205. The Labute approximate surface area is 94.7 Å². The molecule has 1 saturated heterocycles. The van der Waals surface area contributed by atoms with E-state index in [0.29, 0.717) is 5.41 Å². The molecule has 0 aromatic heterocycles. The Morgan fingerprint density at radius 3 is 2.27 bits per heavy atom. The van der Waals surface area contributed by atoms with Gasteiger partial charge in [-0.05, 0) is 37.6 Å². The number of nitrogens with zero attached hydrogens (tertiary/aromatic N) is 1. The van der Waals surface area contributed by atoms with Crippen LogP contribution >= 0.6 is 0 Å². The number of β-amino-alcohol motifs (C(OH)–C–C–N with tert-alkyl or cyclic N) is 1. The van der Waals surface area contributed by atoms with Crippen molar-refractivity contribution in [3.05, 3.63) is 0 Å². The third kappa shape index (κ3) is 3.76. The summed E-state index contributed by atoms with van der Waals surface area (Å²) in [5.41, 5.74) is -0.0976. The van der Waals surface area contributed by atoms with E-state index < -0.39 is 5.60 Å². The highest BCUT2D eigenvalue weighted by molar-refractivity contribution is 4.87. The van der Waals surface area contributed by atoms with Gasteiger partial charge in [0.1, 0.15) is 0 Å². The fraction of sp³-hybridized carbons (Fsp3) is 1.00. The SMILES string of the molecule is CCC(C)(O)CN1CCC(C(C)(C)C)C1. The normalized spacial score (nSPS) is 28.0. The summed E-state index contributed by atoms with van der Waals surface area (Å²) in [6.45, 7) is 14.1. The van der Waals surface area contributed by atoms with Gasteiger partial charge < -0.3 is 10.0 Å². The van der Waals surface area contributed by atoms with E-state index in [1.54, 1.807) is 0 Å². The smallest absolute Gasteiger partial charge is 0.0743 e. The molecular weight excluding hydrogens is 186 g/mol. The summed E-state index contributed by atoms with van der Waals surface area (Å²) in [7, 11) is 0. The van der Waals surface area contributed by atoms with Gasteiger partial charge in [-0.25, -0.2) is 0 Å². The molecule has 2 atom stereocenters. The lowest BCUT2D eigenvalue weighted by Gasteiger charge is -2.30. The van der Waals surface area contributed by atoms with E-state index in [2.05, 4.69) is 32.6 Å². The van der Waals surface area contributed by atoms with E-state index in [-0.39, 0.29) is 0 Å². The van der Waals surface area contributed by atoms with Crippen molar-refractivity contribution in [3.63, 3.8) is 0 Å². The molecular formula is C13H27NO. The van der Waals surface area contributed by atoms with Gasteiger partial charge in [-0.1, -0.05) is 27.7 Å². The molecule has 2 heteroatoms. The van der Waals surface area contributed by atoms with Gasteiger partial charge >= 0.3 is 0 Å².